The van der Waals surface area contributed by atoms with Crippen LogP contribution < -0.4 is 16.0 Å². The molecule has 0 unspecified atom stereocenters. The molecule has 1 aliphatic rings. The van der Waals surface area contributed by atoms with Gasteiger partial charge in [-0.2, -0.15) is 0 Å². The summed E-state index contributed by atoms with van der Waals surface area (Å²) >= 11 is 0. The highest BCUT2D eigenvalue weighted by Gasteiger charge is 2.17. The van der Waals surface area contributed by atoms with Gasteiger partial charge < -0.3 is 5.43 Å². The van der Waals surface area contributed by atoms with Gasteiger partial charge in [-0.25, -0.2) is 0 Å². The molecule has 13 heavy (non-hydrogen) atoms. The average Bonchev–Trinajstić information content (AvgIpc) is 2.60. The molecule has 0 spiro atoms. The predicted molar refractivity (Wildman–Crippen MR) is 55.1 cm³/mol. The van der Waals surface area contributed by atoms with Gasteiger partial charge in [0.05, 0.1) is 11.4 Å². The van der Waals surface area contributed by atoms with Crippen molar-refractivity contribution in [2.75, 3.05) is 10.4 Å². The van der Waals surface area contributed by atoms with Gasteiger partial charge >= 0.3 is 0 Å². The van der Waals surface area contributed by atoms with Crippen LogP contribution in [-0.4, -0.2) is 0 Å². The van der Waals surface area contributed by atoms with Crippen LogP contribution in [0.5, 0.6) is 0 Å². The molecule has 0 saturated heterocycles. The van der Waals surface area contributed by atoms with Crippen LogP contribution in [0.25, 0.3) is 0 Å². The topological polar surface area (TPSA) is 27.3 Å². The van der Waals surface area contributed by atoms with Crippen molar-refractivity contribution in [3.8, 4) is 0 Å². The van der Waals surface area contributed by atoms with E-state index in [9.17, 15) is 0 Å². The highest BCUT2D eigenvalue weighted by atomic mass is 15.7. The van der Waals surface area contributed by atoms with Gasteiger partial charge in [0.15, 0.2) is 0 Å². The van der Waals surface area contributed by atoms with Crippen LogP contribution in [0, 0.1) is 0 Å². The van der Waals surface area contributed by atoms with Crippen LogP contribution in [0.1, 0.15) is 13.8 Å². The van der Waals surface area contributed by atoms with Crippen molar-refractivity contribution in [1.82, 2.24) is 5.53 Å². The lowest BCUT2D eigenvalue weighted by molar-refractivity contribution is 0.814. The van der Waals surface area contributed by atoms with E-state index < -0.39 is 0 Å². The number of anilines is 2. The Morgan fingerprint density at radius 2 is 2.15 bits per heavy atom. The number of rotatable bonds is 1. The summed E-state index contributed by atoms with van der Waals surface area (Å²) in [5.41, 5.74) is 9.65. The molecule has 0 fully saturated rings. The SMILES string of the molecule is CC=C(C)N1NNc2ccccc21. The van der Waals surface area contributed by atoms with Crippen LogP contribution in [0.2, 0.25) is 0 Å². The van der Waals surface area contributed by atoms with Crippen LogP contribution in [0.15, 0.2) is 36.0 Å². The van der Waals surface area contributed by atoms with E-state index in [4.69, 9.17) is 0 Å². The van der Waals surface area contributed by atoms with Crippen LogP contribution >= 0.6 is 0 Å². The van der Waals surface area contributed by atoms with Crippen LogP contribution in [0.3, 0.4) is 0 Å². The zero-order chi connectivity index (χ0) is 9.26. The number of hydrogen-bond acceptors (Lipinski definition) is 3. The summed E-state index contributed by atoms with van der Waals surface area (Å²) in [6.45, 7) is 4.09. The van der Waals surface area contributed by atoms with E-state index in [0.29, 0.717) is 0 Å². The van der Waals surface area contributed by atoms with Crippen molar-refractivity contribution in [3.63, 3.8) is 0 Å². The first-order valence-electron chi connectivity index (χ1n) is 4.36. The average molecular weight is 175 g/mol. The van der Waals surface area contributed by atoms with E-state index >= 15 is 0 Å². The fraction of sp³-hybridized carbons (Fsp3) is 0.200. The largest absolute Gasteiger partial charge is 0.301 e. The van der Waals surface area contributed by atoms with Crippen LogP contribution in [0.4, 0.5) is 11.4 Å². The van der Waals surface area contributed by atoms with Crippen molar-refractivity contribution in [2.24, 2.45) is 0 Å². The molecular weight excluding hydrogens is 162 g/mol. The normalized spacial score (nSPS) is 15.5. The standard InChI is InChI=1S/C10H13N3/c1-3-8(2)13-10-7-5-4-6-9(10)11-12-13/h3-7,11-12H,1-2H3. The van der Waals surface area contributed by atoms with E-state index in [2.05, 4.69) is 30.0 Å². The summed E-state index contributed by atoms with van der Waals surface area (Å²) in [6.07, 6.45) is 2.07. The monoisotopic (exact) mass is 175 g/mol. The number of benzene rings is 1. The van der Waals surface area contributed by atoms with Gasteiger partial charge in [0.1, 0.15) is 0 Å². The second-order valence-electron chi connectivity index (χ2n) is 3.02. The van der Waals surface area contributed by atoms with Crippen molar-refractivity contribution in [3.05, 3.63) is 36.0 Å². The van der Waals surface area contributed by atoms with Gasteiger partial charge in [0, 0.05) is 5.70 Å². The van der Waals surface area contributed by atoms with Crippen LogP contribution in [-0.2, 0) is 0 Å². The van der Waals surface area contributed by atoms with Gasteiger partial charge in [-0.3, -0.25) is 5.01 Å². The maximum Gasteiger partial charge on any atom is 0.0837 e. The summed E-state index contributed by atoms with van der Waals surface area (Å²) in [7, 11) is 0. The Morgan fingerprint density at radius 3 is 2.92 bits per heavy atom. The molecule has 68 valence electrons. The minimum absolute atomic E-state index is 1.11. The minimum Gasteiger partial charge on any atom is -0.301 e. The predicted octanol–water partition coefficient (Wildman–Crippen LogP) is 2.26. The molecular formula is C10H13N3. The lowest BCUT2D eigenvalue weighted by Crippen LogP contribution is -2.34. The second-order valence-corrected chi connectivity index (χ2v) is 3.02. The third-order valence-electron chi connectivity index (χ3n) is 2.22. The van der Waals surface area contributed by atoms with Crippen molar-refractivity contribution in [2.45, 2.75) is 13.8 Å². The molecule has 0 aromatic heterocycles. The lowest BCUT2D eigenvalue weighted by atomic mass is 10.2. The Labute approximate surface area is 78.0 Å². The molecule has 1 aromatic carbocycles. The minimum atomic E-state index is 1.11. The molecule has 1 heterocycles. The van der Waals surface area contributed by atoms with E-state index in [1.165, 1.54) is 5.70 Å². The Balaban J connectivity index is 2.39. The number of fused-ring (bicyclic) bond motifs is 1. The second kappa shape index (κ2) is 3.11. The van der Waals surface area contributed by atoms with Gasteiger partial charge in [-0.05, 0) is 26.0 Å². The first-order chi connectivity index (χ1) is 6.33. The van der Waals surface area contributed by atoms with E-state index in [-0.39, 0.29) is 0 Å². The maximum absolute atomic E-state index is 3.10. The quantitative estimate of drug-likeness (QED) is 0.685. The molecule has 3 nitrogen and oxygen atoms in total. The fourth-order valence-corrected chi connectivity index (χ4v) is 1.36. The molecule has 0 bridgehead atoms. The molecule has 0 saturated carbocycles. The first kappa shape index (κ1) is 8.13. The number of hydrogen-bond donors (Lipinski definition) is 2. The van der Waals surface area contributed by atoms with Crippen molar-refractivity contribution in [1.29, 1.82) is 0 Å². The highest BCUT2D eigenvalue weighted by Crippen LogP contribution is 2.30. The Kier molecular flexibility index (Phi) is 1.94. The Hall–Kier alpha value is -1.48. The molecule has 0 radical (unpaired) electrons. The molecule has 1 aliphatic heterocycles. The van der Waals surface area contributed by atoms with Gasteiger partial charge in [-0.1, -0.05) is 18.2 Å². The fourth-order valence-electron chi connectivity index (χ4n) is 1.36. The van der Waals surface area contributed by atoms with Gasteiger partial charge in [0.2, 0.25) is 0 Å². The Bertz CT molecular complexity index is 344. The summed E-state index contributed by atoms with van der Waals surface area (Å²) in [4.78, 5) is 0. The van der Waals surface area contributed by atoms with E-state index in [1.54, 1.807) is 0 Å². The van der Waals surface area contributed by atoms with Gasteiger partial charge in [0.25, 0.3) is 0 Å². The number of para-hydroxylation sites is 2. The third-order valence-corrected chi connectivity index (χ3v) is 2.22. The van der Waals surface area contributed by atoms with Crippen molar-refractivity contribution >= 4 is 11.4 Å². The molecule has 0 atom stereocenters. The third kappa shape index (κ3) is 1.27. The summed E-state index contributed by atoms with van der Waals surface area (Å²) in [5, 5.41) is 2.02. The first-order valence-corrected chi connectivity index (χ1v) is 4.36. The molecule has 1 aromatic rings. The Morgan fingerprint density at radius 1 is 1.38 bits per heavy atom. The maximum atomic E-state index is 3.10. The molecule has 2 rings (SSSR count). The van der Waals surface area contributed by atoms with Crippen molar-refractivity contribution < 1.29 is 0 Å². The zero-order valence-corrected chi connectivity index (χ0v) is 7.83. The lowest BCUT2D eigenvalue weighted by Gasteiger charge is -2.17. The zero-order valence-electron chi connectivity index (χ0n) is 7.83. The van der Waals surface area contributed by atoms with E-state index in [0.717, 1.165) is 11.4 Å². The summed E-state index contributed by atoms with van der Waals surface area (Å²) < 4.78 is 0. The molecule has 0 amide bonds. The molecule has 3 heteroatoms. The summed E-state index contributed by atoms with van der Waals surface area (Å²) in [5.74, 6) is 0. The molecule has 2 N–H and O–H groups in total. The smallest absolute Gasteiger partial charge is 0.0837 e. The number of allylic oxidation sites excluding steroid dienone is 2. The summed E-state index contributed by atoms with van der Waals surface area (Å²) in [6, 6.07) is 8.17. The van der Waals surface area contributed by atoms with E-state index in [1.807, 2.05) is 30.1 Å². The number of hydrazine groups is 2. The highest BCUT2D eigenvalue weighted by molar-refractivity contribution is 5.74. The number of nitrogens with one attached hydrogen (secondary N) is 2. The molecule has 0 aliphatic carbocycles. The van der Waals surface area contributed by atoms with Gasteiger partial charge in [-0.15, -0.1) is 5.53 Å². The number of nitrogens with zero attached hydrogens (tertiary/aromatic N) is 1.